The number of aromatic nitrogens is 2. The number of rotatable bonds is 4. The second kappa shape index (κ2) is 6.39. The predicted molar refractivity (Wildman–Crippen MR) is 70.4 cm³/mol. The Balaban J connectivity index is 1.85. The van der Waals surface area contributed by atoms with Crippen LogP contribution in [0.5, 0.6) is 0 Å². The quantitative estimate of drug-likeness (QED) is 0.924. The summed E-state index contributed by atoms with van der Waals surface area (Å²) in [7, 11) is 0. The minimum Gasteiger partial charge on any atom is -0.354 e. The number of anilines is 1. The second-order valence-corrected chi connectivity index (χ2v) is 5.02. The normalized spacial score (nSPS) is 18.2. The van der Waals surface area contributed by atoms with Crippen molar-refractivity contribution in [3.05, 3.63) is 18.0 Å². The molecule has 1 aromatic rings. The lowest BCUT2D eigenvalue weighted by Gasteiger charge is -2.31. The number of alkyl halides is 3. The first kappa shape index (κ1) is 15.0. The molecule has 2 rings (SSSR count). The van der Waals surface area contributed by atoms with E-state index in [2.05, 4.69) is 27.1 Å². The summed E-state index contributed by atoms with van der Waals surface area (Å²) in [6.07, 6.45) is -1.18. The molecule has 0 aromatic carbocycles. The molecule has 112 valence electrons. The van der Waals surface area contributed by atoms with E-state index in [0.29, 0.717) is 12.5 Å². The first-order chi connectivity index (χ1) is 9.49. The molecule has 0 atom stereocenters. The van der Waals surface area contributed by atoms with Gasteiger partial charge < -0.3 is 10.2 Å². The zero-order chi connectivity index (χ0) is 14.6. The molecule has 1 aliphatic rings. The lowest BCUT2D eigenvalue weighted by Crippen LogP contribution is -2.35. The molecular formula is C13H19F3N4. The molecule has 0 bridgehead atoms. The van der Waals surface area contributed by atoms with Gasteiger partial charge in [0, 0.05) is 12.7 Å². The number of hydrogen-bond acceptors (Lipinski definition) is 4. The van der Waals surface area contributed by atoms with E-state index in [1.54, 1.807) is 0 Å². The Bertz CT molecular complexity index is 428. The highest BCUT2D eigenvalue weighted by Gasteiger charge is 2.32. The van der Waals surface area contributed by atoms with E-state index in [4.69, 9.17) is 0 Å². The average Bonchev–Trinajstić information content (AvgIpc) is 2.45. The maximum atomic E-state index is 12.5. The summed E-state index contributed by atoms with van der Waals surface area (Å²) in [5.41, 5.74) is -0.907. The molecule has 0 unspecified atom stereocenters. The predicted octanol–water partition coefficient (Wildman–Crippen LogP) is 2.64. The van der Waals surface area contributed by atoms with Crippen LogP contribution in [0, 0.1) is 5.92 Å². The summed E-state index contributed by atoms with van der Waals surface area (Å²) in [5.74, 6) is 0.522. The number of piperidine rings is 1. The van der Waals surface area contributed by atoms with Gasteiger partial charge in [-0.25, -0.2) is 9.97 Å². The SMILES string of the molecule is CCN1CCC(CNc2nccc(C(F)(F)F)n2)CC1. The first-order valence-electron chi connectivity index (χ1n) is 6.85. The zero-order valence-electron chi connectivity index (χ0n) is 11.5. The van der Waals surface area contributed by atoms with Gasteiger partial charge in [0.2, 0.25) is 5.95 Å². The monoisotopic (exact) mass is 288 g/mol. The third-order valence-electron chi connectivity index (χ3n) is 3.65. The minimum absolute atomic E-state index is 0.0535. The van der Waals surface area contributed by atoms with Crippen LogP contribution >= 0.6 is 0 Å². The van der Waals surface area contributed by atoms with Crippen molar-refractivity contribution in [2.75, 3.05) is 31.5 Å². The van der Waals surface area contributed by atoms with Crippen LogP contribution in [0.25, 0.3) is 0 Å². The highest BCUT2D eigenvalue weighted by Crippen LogP contribution is 2.27. The van der Waals surface area contributed by atoms with E-state index < -0.39 is 11.9 Å². The molecule has 4 nitrogen and oxygen atoms in total. The van der Waals surface area contributed by atoms with Crippen molar-refractivity contribution in [3.8, 4) is 0 Å². The fraction of sp³-hybridized carbons (Fsp3) is 0.692. The van der Waals surface area contributed by atoms with Crippen LogP contribution in [0.15, 0.2) is 12.3 Å². The fourth-order valence-corrected chi connectivity index (χ4v) is 2.34. The summed E-state index contributed by atoms with van der Waals surface area (Å²) < 4.78 is 37.6. The summed E-state index contributed by atoms with van der Waals surface area (Å²) in [6.45, 7) is 5.91. The third-order valence-corrected chi connectivity index (χ3v) is 3.65. The van der Waals surface area contributed by atoms with Gasteiger partial charge in [-0.1, -0.05) is 6.92 Å². The third kappa shape index (κ3) is 4.06. The Morgan fingerprint density at radius 2 is 2.05 bits per heavy atom. The van der Waals surface area contributed by atoms with Crippen LogP contribution in [0.1, 0.15) is 25.5 Å². The van der Waals surface area contributed by atoms with Gasteiger partial charge in [0.1, 0.15) is 5.69 Å². The molecule has 0 saturated carbocycles. The van der Waals surface area contributed by atoms with Crippen molar-refractivity contribution in [1.82, 2.24) is 14.9 Å². The maximum absolute atomic E-state index is 12.5. The van der Waals surface area contributed by atoms with Crippen molar-refractivity contribution < 1.29 is 13.2 Å². The maximum Gasteiger partial charge on any atom is 0.433 e. The topological polar surface area (TPSA) is 41.0 Å². The largest absolute Gasteiger partial charge is 0.433 e. The molecule has 2 heterocycles. The molecule has 0 spiro atoms. The highest BCUT2D eigenvalue weighted by atomic mass is 19.4. The molecule has 1 N–H and O–H groups in total. The van der Waals surface area contributed by atoms with Crippen LogP contribution in [-0.4, -0.2) is 41.0 Å². The van der Waals surface area contributed by atoms with Gasteiger partial charge in [-0.2, -0.15) is 13.2 Å². The van der Waals surface area contributed by atoms with Gasteiger partial charge >= 0.3 is 6.18 Å². The summed E-state index contributed by atoms with van der Waals surface area (Å²) in [4.78, 5) is 9.71. The average molecular weight is 288 g/mol. The Morgan fingerprint density at radius 1 is 1.35 bits per heavy atom. The highest BCUT2D eigenvalue weighted by molar-refractivity contribution is 5.26. The van der Waals surface area contributed by atoms with Gasteiger partial charge in [0.15, 0.2) is 0 Å². The standard InChI is InChI=1S/C13H19F3N4/c1-2-20-7-4-10(5-8-20)9-18-12-17-6-3-11(19-12)13(14,15)16/h3,6,10H,2,4-5,7-9H2,1H3,(H,17,18,19). The first-order valence-corrected chi connectivity index (χ1v) is 6.85. The van der Waals surface area contributed by atoms with E-state index in [-0.39, 0.29) is 5.95 Å². The molecular weight excluding hydrogens is 269 g/mol. The molecule has 1 fully saturated rings. The Labute approximate surface area is 116 Å². The van der Waals surface area contributed by atoms with Gasteiger partial charge in [-0.05, 0) is 44.5 Å². The Kier molecular flexibility index (Phi) is 4.80. The molecule has 0 radical (unpaired) electrons. The minimum atomic E-state index is -4.42. The fourth-order valence-electron chi connectivity index (χ4n) is 2.34. The van der Waals surface area contributed by atoms with E-state index in [1.165, 1.54) is 0 Å². The van der Waals surface area contributed by atoms with E-state index in [9.17, 15) is 13.2 Å². The smallest absolute Gasteiger partial charge is 0.354 e. The lowest BCUT2D eigenvalue weighted by atomic mass is 9.97. The van der Waals surface area contributed by atoms with Crippen LogP contribution in [-0.2, 0) is 6.18 Å². The van der Waals surface area contributed by atoms with Crippen LogP contribution in [0.3, 0.4) is 0 Å². The number of nitrogens with zero attached hydrogens (tertiary/aromatic N) is 3. The Morgan fingerprint density at radius 3 is 2.65 bits per heavy atom. The second-order valence-electron chi connectivity index (χ2n) is 5.02. The van der Waals surface area contributed by atoms with Crippen LogP contribution < -0.4 is 5.32 Å². The molecule has 1 aromatic heterocycles. The lowest BCUT2D eigenvalue weighted by molar-refractivity contribution is -0.141. The molecule has 0 amide bonds. The number of halogens is 3. The number of hydrogen-bond donors (Lipinski definition) is 1. The number of likely N-dealkylation sites (tertiary alicyclic amines) is 1. The van der Waals surface area contributed by atoms with Crippen molar-refractivity contribution in [2.24, 2.45) is 5.92 Å². The molecule has 0 aliphatic carbocycles. The zero-order valence-corrected chi connectivity index (χ0v) is 11.5. The molecule has 1 aliphatic heterocycles. The van der Waals surface area contributed by atoms with Gasteiger partial charge in [-0.3, -0.25) is 0 Å². The van der Waals surface area contributed by atoms with Crippen molar-refractivity contribution in [3.63, 3.8) is 0 Å². The summed E-state index contributed by atoms with van der Waals surface area (Å²) in [6, 6.07) is 0.880. The number of nitrogens with one attached hydrogen (secondary N) is 1. The van der Waals surface area contributed by atoms with Crippen molar-refractivity contribution in [2.45, 2.75) is 25.9 Å². The molecule has 20 heavy (non-hydrogen) atoms. The van der Waals surface area contributed by atoms with Crippen LogP contribution in [0.4, 0.5) is 19.1 Å². The van der Waals surface area contributed by atoms with Gasteiger partial charge in [0.25, 0.3) is 0 Å². The molecule has 7 heteroatoms. The van der Waals surface area contributed by atoms with Crippen molar-refractivity contribution >= 4 is 5.95 Å². The van der Waals surface area contributed by atoms with E-state index in [0.717, 1.165) is 44.7 Å². The van der Waals surface area contributed by atoms with E-state index >= 15 is 0 Å². The van der Waals surface area contributed by atoms with Gasteiger partial charge in [-0.15, -0.1) is 0 Å². The Hall–Kier alpha value is -1.37. The molecule has 1 saturated heterocycles. The van der Waals surface area contributed by atoms with Gasteiger partial charge in [0.05, 0.1) is 0 Å². The van der Waals surface area contributed by atoms with E-state index in [1.807, 2.05) is 0 Å². The summed E-state index contributed by atoms with van der Waals surface area (Å²) >= 11 is 0. The van der Waals surface area contributed by atoms with Crippen molar-refractivity contribution in [1.29, 1.82) is 0 Å². The summed E-state index contributed by atoms with van der Waals surface area (Å²) in [5, 5.41) is 2.92. The van der Waals surface area contributed by atoms with Crippen LogP contribution in [0.2, 0.25) is 0 Å².